The standard InChI is InChI=1S/C12H18N2O2/c1-3-4-6-9(2)14-12(16)11-10(15)7-5-8-13-11/h5,7-9,15H,3-4,6H2,1-2H3,(H,14,16). The van der Waals surface area contributed by atoms with E-state index in [1.54, 1.807) is 6.07 Å². The molecule has 1 amide bonds. The van der Waals surface area contributed by atoms with Gasteiger partial charge >= 0.3 is 0 Å². The molecule has 0 saturated carbocycles. The molecule has 16 heavy (non-hydrogen) atoms. The summed E-state index contributed by atoms with van der Waals surface area (Å²) in [6, 6.07) is 3.15. The lowest BCUT2D eigenvalue weighted by atomic mass is 10.1. The van der Waals surface area contributed by atoms with Crippen molar-refractivity contribution in [2.24, 2.45) is 0 Å². The average Bonchev–Trinajstić information content (AvgIpc) is 2.26. The Morgan fingerprint density at radius 3 is 3.00 bits per heavy atom. The van der Waals surface area contributed by atoms with Crippen LogP contribution < -0.4 is 5.32 Å². The minimum atomic E-state index is -0.318. The summed E-state index contributed by atoms with van der Waals surface area (Å²) < 4.78 is 0. The van der Waals surface area contributed by atoms with Crippen LogP contribution in [0.25, 0.3) is 0 Å². The zero-order chi connectivity index (χ0) is 12.0. The Morgan fingerprint density at radius 1 is 1.62 bits per heavy atom. The molecule has 1 aromatic rings. The van der Waals surface area contributed by atoms with Gasteiger partial charge in [-0.1, -0.05) is 19.8 Å². The van der Waals surface area contributed by atoms with E-state index < -0.39 is 0 Å². The Labute approximate surface area is 95.7 Å². The maximum absolute atomic E-state index is 11.7. The van der Waals surface area contributed by atoms with Crippen molar-refractivity contribution in [3.05, 3.63) is 24.0 Å². The molecule has 0 aromatic carbocycles. The number of pyridine rings is 1. The number of hydrogen-bond donors (Lipinski definition) is 2. The number of aromatic nitrogens is 1. The molecular weight excluding hydrogens is 204 g/mol. The molecule has 1 unspecified atom stereocenters. The summed E-state index contributed by atoms with van der Waals surface area (Å²) in [5.41, 5.74) is 0.0887. The Hall–Kier alpha value is -1.58. The molecule has 2 N–H and O–H groups in total. The van der Waals surface area contributed by atoms with Crippen LogP contribution in [0.4, 0.5) is 0 Å². The summed E-state index contributed by atoms with van der Waals surface area (Å²) >= 11 is 0. The topological polar surface area (TPSA) is 62.2 Å². The predicted octanol–water partition coefficient (Wildman–Crippen LogP) is 2.10. The van der Waals surface area contributed by atoms with Crippen LogP contribution in [-0.2, 0) is 0 Å². The minimum absolute atomic E-state index is 0.0808. The molecule has 0 saturated heterocycles. The van der Waals surface area contributed by atoms with Crippen LogP contribution in [0.1, 0.15) is 43.6 Å². The average molecular weight is 222 g/mol. The van der Waals surface area contributed by atoms with Crippen molar-refractivity contribution in [2.75, 3.05) is 0 Å². The number of aromatic hydroxyl groups is 1. The van der Waals surface area contributed by atoms with E-state index in [1.807, 2.05) is 6.92 Å². The molecule has 1 atom stereocenters. The molecule has 0 spiro atoms. The fourth-order valence-electron chi connectivity index (χ4n) is 1.45. The van der Waals surface area contributed by atoms with E-state index >= 15 is 0 Å². The van der Waals surface area contributed by atoms with Crippen molar-refractivity contribution in [1.82, 2.24) is 10.3 Å². The number of nitrogens with one attached hydrogen (secondary N) is 1. The molecule has 0 fully saturated rings. The van der Waals surface area contributed by atoms with E-state index in [0.29, 0.717) is 0 Å². The molecule has 0 bridgehead atoms. The van der Waals surface area contributed by atoms with Crippen molar-refractivity contribution >= 4 is 5.91 Å². The third kappa shape index (κ3) is 3.53. The Balaban J connectivity index is 2.56. The largest absolute Gasteiger partial charge is 0.505 e. The first kappa shape index (κ1) is 12.5. The van der Waals surface area contributed by atoms with Gasteiger partial charge < -0.3 is 10.4 Å². The van der Waals surface area contributed by atoms with Crippen molar-refractivity contribution in [2.45, 2.75) is 39.2 Å². The highest BCUT2D eigenvalue weighted by Crippen LogP contribution is 2.12. The first-order valence-electron chi connectivity index (χ1n) is 5.60. The maximum atomic E-state index is 11.7. The second-order valence-corrected chi connectivity index (χ2v) is 3.89. The summed E-state index contributed by atoms with van der Waals surface area (Å²) in [5, 5.41) is 12.3. The molecule has 88 valence electrons. The molecule has 0 aliphatic heterocycles. The Morgan fingerprint density at radius 2 is 2.38 bits per heavy atom. The second-order valence-electron chi connectivity index (χ2n) is 3.89. The highest BCUT2D eigenvalue weighted by atomic mass is 16.3. The van der Waals surface area contributed by atoms with Gasteiger partial charge in [-0.05, 0) is 25.5 Å². The van der Waals surface area contributed by atoms with E-state index in [2.05, 4.69) is 17.2 Å². The summed E-state index contributed by atoms with van der Waals surface area (Å²) in [6.07, 6.45) is 4.62. The van der Waals surface area contributed by atoms with Gasteiger partial charge in [-0.25, -0.2) is 4.98 Å². The van der Waals surface area contributed by atoms with Gasteiger partial charge in [0.05, 0.1) is 0 Å². The summed E-state index contributed by atoms with van der Waals surface area (Å²) in [7, 11) is 0. The van der Waals surface area contributed by atoms with Crippen LogP contribution in [0.3, 0.4) is 0 Å². The molecule has 0 radical (unpaired) electrons. The highest BCUT2D eigenvalue weighted by Gasteiger charge is 2.13. The molecule has 1 rings (SSSR count). The maximum Gasteiger partial charge on any atom is 0.273 e. The number of rotatable bonds is 5. The first-order chi connectivity index (χ1) is 7.65. The van der Waals surface area contributed by atoms with E-state index in [-0.39, 0.29) is 23.4 Å². The molecule has 0 aliphatic rings. The lowest BCUT2D eigenvalue weighted by Gasteiger charge is -2.13. The zero-order valence-electron chi connectivity index (χ0n) is 9.73. The fourth-order valence-corrected chi connectivity index (χ4v) is 1.45. The Bertz CT molecular complexity index is 353. The third-order valence-corrected chi connectivity index (χ3v) is 2.37. The fraction of sp³-hybridized carbons (Fsp3) is 0.500. The van der Waals surface area contributed by atoms with E-state index in [1.165, 1.54) is 12.3 Å². The van der Waals surface area contributed by atoms with Crippen LogP contribution >= 0.6 is 0 Å². The number of hydrogen-bond acceptors (Lipinski definition) is 3. The molecule has 0 aliphatic carbocycles. The molecule has 4 heteroatoms. The van der Waals surface area contributed by atoms with Crippen molar-refractivity contribution in [3.63, 3.8) is 0 Å². The lowest BCUT2D eigenvalue weighted by Crippen LogP contribution is -2.33. The van der Waals surface area contributed by atoms with E-state index in [0.717, 1.165) is 19.3 Å². The van der Waals surface area contributed by atoms with Gasteiger partial charge in [0.2, 0.25) is 0 Å². The van der Waals surface area contributed by atoms with Gasteiger partial charge in [0, 0.05) is 12.2 Å². The number of carbonyl (C=O) groups is 1. The van der Waals surface area contributed by atoms with E-state index in [9.17, 15) is 9.90 Å². The quantitative estimate of drug-likeness (QED) is 0.802. The normalized spacial score (nSPS) is 12.1. The SMILES string of the molecule is CCCCC(C)NC(=O)c1ncccc1O. The third-order valence-electron chi connectivity index (χ3n) is 2.37. The summed E-state index contributed by atoms with van der Waals surface area (Å²) in [4.78, 5) is 15.6. The lowest BCUT2D eigenvalue weighted by molar-refractivity contribution is 0.0930. The zero-order valence-corrected chi connectivity index (χ0v) is 9.73. The number of amides is 1. The minimum Gasteiger partial charge on any atom is -0.505 e. The van der Waals surface area contributed by atoms with Gasteiger partial charge in [0.1, 0.15) is 5.75 Å². The van der Waals surface area contributed by atoms with E-state index in [4.69, 9.17) is 0 Å². The van der Waals surface area contributed by atoms with Gasteiger partial charge in [0.25, 0.3) is 5.91 Å². The number of carbonyl (C=O) groups excluding carboxylic acids is 1. The van der Waals surface area contributed by atoms with Crippen molar-refractivity contribution in [1.29, 1.82) is 0 Å². The number of nitrogens with zero attached hydrogens (tertiary/aromatic N) is 1. The first-order valence-corrected chi connectivity index (χ1v) is 5.60. The molecule has 1 heterocycles. The van der Waals surface area contributed by atoms with Gasteiger partial charge in [-0.2, -0.15) is 0 Å². The smallest absolute Gasteiger partial charge is 0.273 e. The van der Waals surface area contributed by atoms with Crippen LogP contribution in [0, 0.1) is 0 Å². The van der Waals surface area contributed by atoms with Crippen LogP contribution in [0.5, 0.6) is 5.75 Å². The highest BCUT2D eigenvalue weighted by molar-refractivity contribution is 5.94. The second kappa shape index (κ2) is 6.10. The van der Waals surface area contributed by atoms with Crippen LogP contribution in [-0.4, -0.2) is 22.0 Å². The van der Waals surface area contributed by atoms with Gasteiger partial charge in [0.15, 0.2) is 5.69 Å². The summed E-state index contributed by atoms with van der Waals surface area (Å²) in [5.74, 6) is -0.399. The van der Waals surface area contributed by atoms with Crippen molar-refractivity contribution < 1.29 is 9.90 Å². The Kier molecular flexibility index (Phi) is 4.76. The number of unbranched alkanes of at least 4 members (excludes halogenated alkanes) is 1. The van der Waals surface area contributed by atoms with Crippen molar-refractivity contribution in [3.8, 4) is 5.75 Å². The summed E-state index contributed by atoms with van der Waals surface area (Å²) in [6.45, 7) is 4.06. The molecule has 1 aromatic heterocycles. The van der Waals surface area contributed by atoms with Crippen LogP contribution in [0.15, 0.2) is 18.3 Å². The monoisotopic (exact) mass is 222 g/mol. The predicted molar refractivity (Wildman–Crippen MR) is 62.4 cm³/mol. The van der Waals surface area contributed by atoms with Gasteiger partial charge in [-0.15, -0.1) is 0 Å². The molecular formula is C12H18N2O2. The van der Waals surface area contributed by atoms with Crippen LogP contribution in [0.2, 0.25) is 0 Å². The van der Waals surface area contributed by atoms with Gasteiger partial charge in [-0.3, -0.25) is 4.79 Å². The molecule has 4 nitrogen and oxygen atoms in total.